The van der Waals surface area contributed by atoms with E-state index in [1.807, 2.05) is 5.32 Å². The molecule has 3 N–H and O–H groups in total. The van der Waals surface area contributed by atoms with Crippen LogP contribution in [0.3, 0.4) is 0 Å². The normalized spacial score (nSPS) is 12.1. The van der Waals surface area contributed by atoms with Gasteiger partial charge in [-0.3, -0.25) is 10.1 Å². The number of carboxylic acids is 1. The third kappa shape index (κ3) is 6.06. The van der Waals surface area contributed by atoms with E-state index in [9.17, 15) is 14.4 Å². The van der Waals surface area contributed by atoms with Gasteiger partial charge < -0.3 is 14.8 Å². The third-order valence-corrected chi connectivity index (χ3v) is 2.08. The van der Waals surface area contributed by atoms with E-state index in [1.54, 1.807) is 19.1 Å². The maximum atomic E-state index is 11.4. The number of carbonyl (C=O) groups is 3. The largest absolute Gasteiger partial charge is 0.478 e. The quantitative estimate of drug-likeness (QED) is 0.679. The first-order valence-electron chi connectivity index (χ1n) is 5.52. The molecule has 0 aliphatic rings. The van der Waals surface area contributed by atoms with Gasteiger partial charge in [0.25, 0.3) is 5.91 Å². The second-order valence-corrected chi connectivity index (χ2v) is 3.82. The number of furan rings is 1. The number of rotatable bonds is 5. The van der Waals surface area contributed by atoms with Crippen molar-refractivity contribution in [1.29, 1.82) is 0 Å². The van der Waals surface area contributed by atoms with Crippen molar-refractivity contribution >= 4 is 17.9 Å². The fourth-order valence-corrected chi connectivity index (χ4v) is 1.34. The zero-order chi connectivity index (χ0) is 14.3. The minimum Gasteiger partial charge on any atom is -0.478 e. The number of carboxylic acid groups (broad SMARTS) is 1. The van der Waals surface area contributed by atoms with Crippen molar-refractivity contribution in [3.63, 3.8) is 0 Å². The maximum Gasteiger partial charge on any atom is 0.328 e. The highest BCUT2D eigenvalue weighted by molar-refractivity contribution is 6.02. The molecule has 1 atom stereocenters. The van der Waals surface area contributed by atoms with E-state index in [0.29, 0.717) is 18.3 Å². The molecule has 0 aliphatic carbocycles. The lowest BCUT2D eigenvalue weighted by Crippen LogP contribution is -2.43. The fourth-order valence-electron chi connectivity index (χ4n) is 1.34. The summed E-state index contributed by atoms with van der Waals surface area (Å²) in [5, 5.41) is 12.8. The van der Waals surface area contributed by atoms with Crippen LogP contribution in [0.4, 0.5) is 4.79 Å². The Kier molecular flexibility index (Phi) is 5.34. The molecular formula is C12H14N2O5. The van der Waals surface area contributed by atoms with Crippen molar-refractivity contribution in [1.82, 2.24) is 10.6 Å². The molecule has 1 aromatic rings. The van der Waals surface area contributed by atoms with Crippen LogP contribution in [0.15, 0.2) is 35.0 Å². The summed E-state index contributed by atoms with van der Waals surface area (Å²) in [4.78, 5) is 32.7. The molecule has 1 unspecified atom stereocenters. The first-order chi connectivity index (χ1) is 8.97. The Morgan fingerprint density at radius 1 is 1.42 bits per heavy atom. The van der Waals surface area contributed by atoms with Gasteiger partial charge in [-0.05, 0) is 19.1 Å². The van der Waals surface area contributed by atoms with Gasteiger partial charge in [0.15, 0.2) is 0 Å². The summed E-state index contributed by atoms with van der Waals surface area (Å²) in [5.41, 5.74) is 0. The summed E-state index contributed by atoms with van der Waals surface area (Å²) in [6.45, 7) is 1.75. The van der Waals surface area contributed by atoms with Crippen LogP contribution in [-0.2, 0) is 16.0 Å². The maximum absolute atomic E-state index is 11.4. The standard InChI is InChI=1S/C12H14N2O5/c1-8(7-9-3-2-6-19-9)13-12(18)14-10(15)4-5-11(16)17/h2-6,8H,7H2,1H3,(H,16,17)(H2,13,14,15,18)/b5-4+. The molecule has 0 aromatic carbocycles. The van der Waals surface area contributed by atoms with E-state index >= 15 is 0 Å². The summed E-state index contributed by atoms with van der Waals surface area (Å²) in [5.74, 6) is -1.35. The van der Waals surface area contributed by atoms with E-state index in [1.165, 1.54) is 6.26 Å². The van der Waals surface area contributed by atoms with Gasteiger partial charge in [0.1, 0.15) is 5.76 Å². The number of carbonyl (C=O) groups excluding carboxylic acids is 2. The van der Waals surface area contributed by atoms with Gasteiger partial charge in [0, 0.05) is 24.6 Å². The zero-order valence-electron chi connectivity index (χ0n) is 10.3. The molecule has 7 heteroatoms. The average Bonchev–Trinajstić information content (AvgIpc) is 2.78. The highest BCUT2D eigenvalue weighted by Gasteiger charge is 2.11. The summed E-state index contributed by atoms with van der Waals surface area (Å²) < 4.78 is 5.12. The van der Waals surface area contributed by atoms with Gasteiger partial charge >= 0.3 is 12.0 Å². The van der Waals surface area contributed by atoms with Crippen LogP contribution in [-0.4, -0.2) is 29.1 Å². The fraction of sp³-hybridized carbons (Fsp3) is 0.250. The minimum atomic E-state index is -1.26. The molecule has 0 saturated heterocycles. The summed E-state index contributed by atoms with van der Waals surface area (Å²) in [6, 6.07) is 2.58. The lowest BCUT2D eigenvalue weighted by molar-refractivity contribution is -0.131. The number of hydrogen-bond acceptors (Lipinski definition) is 4. The average molecular weight is 266 g/mol. The first-order valence-corrected chi connectivity index (χ1v) is 5.52. The molecular weight excluding hydrogens is 252 g/mol. The van der Waals surface area contributed by atoms with Crippen molar-refractivity contribution in [2.75, 3.05) is 0 Å². The molecule has 1 rings (SSSR count). The summed E-state index contributed by atoms with van der Waals surface area (Å²) in [6.07, 6.45) is 3.43. The lowest BCUT2D eigenvalue weighted by atomic mass is 10.2. The van der Waals surface area contributed by atoms with Crippen LogP contribution >= 0.6 is 0 Å². The smallest absolute Gasteiger partial charge is 0.328 e. The Hall–Kier alpha value is -2.57. The van der Waals surface area contributed by atoms with Crippen molar-refractivity contribution in [2.45, 2.75) is 19.4 Å². The van der Waals surface area contributed by atoms with Crippen LogP contribution < -0.4 is 10.6 Å². The molecule has 19 heavy (non-hydrogen) atoms. The molecule has 7 nitrogen and oxygen atoms in total. The van der Waals surface area contributed by atoms with Gasteiger partial charge in [-0.1, -0.05) is 0 Å². The van der Waals surface area contributed by atoms with E-state index in [-0.39, 0.29) is 6.04 Å². The number of aliphatic carboxylic acids is 1. The van der Waals surface area contributed by atoms with Crippen LogP contribution in [0.1, 0.15) is 12.7 Å². The van der Waals surface area contributed by atoms with Crippen LogP contribution in [0.25, 0.3) is 0 Å². The number of amides is 3. The molecule has 1 aromatic heterocycles. The number of nitrogens with one attached hydrogen (secondary N) is 2. The molecule has 0 bridgehead atoms. The second-order valence-electron chi connectivity index (χ2n) is 3.82. The van der Waals surface area contributed by atoms with Gasteiger partial charge in [-0.25, -0.2) is 9.59 Å². The van der Waals surface area contributed by atoms with E-state index in [2.05, 4.69) is 5.32 Å². The number of urea groups is 1. The lowest BCUT2D eigenvalue weighted by Gasteiger charge is -2.12. The highest BCUT2D eigenvalue weighted by Crippen LogP contribution is 2.03. The Labute approximate surface area is 109 Å². The molecule has 0 saturated carbocycles. The Morgan fingerprint density at radius 3 is 2.74 bits per heavy atom. The SMILES string of the molecule is CC(Cc1ccco1)NC(=O)NC(=O)/C=C/C(=O)O. The second kappa shape index (κ2) is 7.00. The Bertz CT molecular complexity index is 478. The van der Waals surface area contributed by atoms with E-state index in [0.717, 1.165) is 6.08 Å². The molecule has 0 aliphatic heterocycles. The third-order valence-electron chi connectivity index (χ3n) is 2.08. The van der Waals surface area contributed by atoms with Crippen molar-refractivity contribution in [3.05, 3.63) is 36.3 Å². The van der Waals surface area contributed by atoms with Gasteiger partial charge in [0.05, 0.1) is 6.26 Å². The topological polar surface area (TPSA) is 109 Å². The first kappa shape index (κ1) is 14.5. The van der Waals surface area contributed by atoms with Gasteiger partial charge in [-0.15, -0.1) is 0 Å². The van der Waals surface area contributed by atoms with Crippen LogP contribution in [0.2, 0.25) is 0 Å². The van der Waals surface area contributed by atoms with E-state index < -0.39 is 17.9 Å². The highest BCUT2D eigenvalue weighted by atomic mass is 16.4. The Morgan fingerprint density at radius 2 is 2.16 bits per heavy atom. The predicted octanol–water partition coefficient (Wildman–Crippen LogP) is 0.677. The predicted molar refractivity (Wildman–Crippen MR) is 65.3 cm³/mol. The molecule has 0 radical (unpaired) electrons. The van der Waals surface area contributed by atoms with Crippen molar-refractivity contribution in [3.8, 4) is 0 Å². The zero-order valence-corrected chi connectivity index (χ0v) is 10.3. The molecule has 3 amide bonds. The molecule has 102 valence electrons. The molecule has 1 heterocycles. The number of imide groups is 1. The monoisotopic (exact) mass is 266 g/mol. The minimum absolute atomic E-state index is 0.234. The van der Waals surface area contributed by atoms with Gasteiger partial charge in [0.2, 0.25) is 0 Å². The Balaban J connectivity index is 2.34. The summed E-state index contributed by atoms with van der Waals surface area (Å²) >= 11 is 0. The van der Waals surface area contributed by atoms with Crippen LogP contribution in [0.5, 0.6) is 0 Å². The van der Waals surface area contributed by atoms with Crippen molar-refractivity contribution in [2.24, 2.45) is 0 Å². The molecule has 0 fully saturated rings. The number of hydrogen-bond donors (Lipinski definition) is 3. The molecule has 0 spiro atoms. The van der Waals surface area contributed by atoms with Crippen molar-refractivity contribution < 1.29 is 23.9 Å². The summed E-state index contributed by atoms with van der Waals surface area (Å²) in [7, 11) is 0. The van der Waals surface area contributed by atoms with Crippen LogP contribution in [0, 0.1) is 0 Å². The van der Waals surface area contributed by atoms with E-state index in [4.69, 9.17) is 9.52 Å². The van der Waals surface area contributed by atoms with Gasteiger partial charge in [-0.2, -0.15) is 0 Å².